The molecule has 1 saturated carbocycles. The van der Waals surface area contributed by atoms with Crippen molar-refractivity contribution < 1.29 is 23.1 Å². The number of nitrogens with one attached hydrogen (secondary N) is 1. The lowest BCUT2D eigenvalue weighted by Crippen LogP contribution is -2.44. The average molecular weight is 601 g/mol. The Morgan fingerprint density at radius 1 is 1.12 bits per heavy atom. The van der Waals surface area contributed by atoms with Crippen molar-refractivity contribution in [3.8, 4) is 5.75 Å². The highest BCUT2D eigenvalue weighted by atomic mass is 35.5. The van der Waals surface area contributed by atoms with Crippen molar-refractivity contribution in [2.24, 2.45) is 17.8 Å². The second kappa shape index (κ2) is 12.4. The second-order valence-corrected chi connectivity index (χ2v) is 14.5. The van der Waals surface area contributed by atoms with Crippen LogP contribution < -0.4 is 14.4 Å². The van der Waals surface area contributed by atoms with Gasteiger partial charge in [-0.25, -0.2) is 13.1 Å². The van der Waals surface area contributed by atoms with Gasteiger partial charge in [-0.3, -0.25) is 4.79 Å². The largest absolute Gasteiger partial charge is 0.491 e. The minimum Gasteiger partial charge on any atom is -0.491 e. The third-order valence-corrected chi connectivity index (χ3v) is 11.4. The van der Waals surface area contributed by atoms with Crippen molar-refractivity contribution >= 4 is 33.2 Å². The Morgan fingerprint density at radius 2 is 1.93 bits per heavy atom. The topological polar surface area (TPSA) is 95.9 Å². The van der Waals surface area contributed by atoms with Crippen LogP contribution in [0.4, 0.5) is 5.69 Å². The summed E-state index contributed by atoms with van der Waals surface area (Å²) < 4.78 is 34.8. The van der Waals surface area contributed by atoms with Crippen LogP contribution in [-0.4, -0.2) is 50.5 Å². The number of carbonyl (C=O) groups excluding carboxylic acids is 1. The summed E-state index contributed by atoms with van der Waals surface area (Å²) in [5.74, 6) is 0.262. The van der Waals surface area contributed by atoms with Crippen molar-refractivity contribution in [2.75, 3.05) is 24.6 Å². The van der Waals surface area contributed by atoms with Gasteiger partial charge >= 0.3 is 0 Å². The first-order valence-corrected chi connectivity index (χ1v) is 16.7. The molecular weight excluding hydrogens is 560 g/mol. The molecule has 0 radical (unpaired) electrons. The Labute approximate surface area is 249 Å². The number of hydrogen-bond acceptors (Lipinski definition) is 6. The molecule has 222 valence electrons. The number of hydrogen-bond donors (Lipinski definition) is 2. The summed E-state index contributed by atoms with van der Waals surface area (Å²) in [6, 6.07) is 11.2. The number of anilines is 1. The monoisotopic (exact) mass is 600 g/mol. The second-order valence-electron chi connectivity index (χ2n) is 12.0. The zero-order chi connectivity index (χ0) is 29.3. The lowest BCUT2D eigenvalue weighted by Gasteiger charge is -2.42. The van der Waals surface area contributed by atoms with Crippen LogP contribution in [0.5, 0.6) is 5.75 Å². The fourth-order valence-corrected chi connectivity index (χ4v) is 7.84. The van der Waals surface area contributed by atoms with E-state index in [0.717, 1.165) is 31.4 Å². The summed E-state index contributed by atoms with van der Waals surface area (Å²) in [6.07, 6.45) is 7.49. The van der Waals surface area contributed by atoms with E-state index in [9.17, 15) is 18.3 Å². The Bertz CT molecular complexity index is 1410. The third kappa shape index (κ3) is 6.45. The molecule has 6 unspecified atom stereocenters. The van der Waals surface area contributed by atoms with E-state index >= 15 is 0 Å². The number of ether oxygens (including phenoxy) is 1. The van der Waals surface area contributed by atoms with E-state index in [-0.39, 0.29) is 29.2 Å². The van der Waals surface area contributed by atoms with Crippen LogP contribution in [0.25, 0.3) is 0 Å². The van der Waals surface area contributed by atoms with E-state index in [2.05, 4.69) is 22.6 Å². The van der Waals surface area contributed by atoms with E-state index in [1.54, 1.807) is 25.1 Å². The molecule has 3 aliphatic rings. The molecule has 2 N–H and O–H groups in total. The van der Waals surface area contributed by atoms with Crippen LogP contribution in [0.15, 0.2) is 48.6 Å². The first-order chi connectivity index (χ1) is 19.6. The number of halogens is 1. The van der Waals surface area contributed by atoms with Crippen LogP contribution in [0.3, 0.4) is 0 Å². The molecule has 41 heavy (non-hydrogen) atoms. The predicted octanol–water partition coefficient (Wildman–Crippen LogP) is 5.71. The Balaban J connectivity index is 1.54. The number of aliphatic hydroxyl groups is 1. The highest BCUT2D eigenvalue weighted by Crippen LogP contribution is 2.42. The standard InChI is InChI=1S/C32H41ClN2O5S/c1-4-6-22-15-26(33)11-13-27(22)25-18-35-17-24-9-12-28(24)30(36)8-5-7-20(2)21(3)41(38,39)34-32(37)23-10-14-31(40-19-25)29(35)16-23/h5,8,10-11,13-16,20-21,24-25,28,30,36H,4,6-7,9,12,17-19H2,1-3H3,(H,34,37)/b8-5+. The number of amides is 1. The summed E-state index contributed by atoms with van der Waals surface area (Å²) >= 11 is 6.36. The molecule has 1 aliphatic carbocycles. The molecule has 2 aromatic carbocycles. The lowest BCUT2D eigenvalue weighted by atomic mass is 9.70. The fraction of sp³-hybridized carbons (Fsp3) is 0.531. The van der Waals surface area contributed by atoms with E-state index in [0.29, 0.717) is 36.9 Å². The van der Waals surface area contributed by atoms with Gasteiger partial charge in [-0.2, -0.15) is 0 Å². The van der Waals surface area contributed by atoms with Gasteiger partial charge in [0.1, 0.15) is 5.75 Å². The molecule has 1 amide bonds. The van der Waals surface area contributed by atoms with Gasteiger partial charge in [0, 0.05) is 29.6 Å². The van der Waals surface area contributed by atoms with Gasteiger partial charge in [0.15, 0.2) is 0 Å². The molecule has 2 aliphatic heterocycles. The third-order valence-electron chi connectivity index (χ3n) is 9.24. The smallest absolute Gasteiger partial charge is 0.264 e. The summed E-state index contributed by atoms with van der Waals surface area (Å²) in [5.41, 5.74) is 3.46. The number of fused-ring (bicyclic) bond motifs is 2. The number of aryl methyl sites for hydroxylation is 1. The number of carbonyl (C=O) groups is 1. The van der Waals surface area contributed by atoms with E-state index in [1.807, 2.05) is 31.2 Å². The molecule has 2 aromatic rings. The SMILES string of the molecule is CCCc1cc(Cl)ccc1C1COc2ccc3cc2N(C1)CC1CCC1C(O)/C=C/CC(C)C(C)S(=O)(=O)NC3=O. The van der Waals surface area contributed by atoms with Crippen LogP contribution in [-0.2, 0) is 16.4 Å². The molecule has 0 aromatic heterocycles. The van der Waals surface area contributed by atoms with Crippen molar-refractivity contribution in [1.29, 1.82) is 0 Å². The number of rotatable bonds is 3. The first kappa shape index (κ1) is 29.9. The van der Waals surface area contributed by atoms with Gasteiger partial charge < -0.3 is 14.7 Å². The maximum atomic E-state index is 13.2. The van der Waals surface area contributed by atoms with E-state index < -0.39 is 27.3 Å². The predicted molar refractivity (Wildman–Crippen MR) is 163 cm³/mol. The Kier molecular flexibility index (Phi) is 9.02. The highest BCUT2D eigenvalue weighted by Gasteiger charge is 2.38. The molecule has 2 bridgehead atoms. The molecule has 7 nitrogen and oxygen atoms in total. The van der Waals surface area contributed by atoms with Crippen molar-refractivity contribution in [3.05, 3.63) is 70.3 Å². The van der Waals surface area contributed by atoms with E-state index in [1.165, 1.54) is 11.1 Å². The van der Waals surface area contributed by atoms with Gasteiger partial charge in [0.2, 0.25) is 10.0 Å². The molecule has 5 rings (SSSR count). The van der Waals surface area contributed by atoms with Crippen LogP contribution in [0, 0.1) is 17.8 Å². The molecule has 9 heteroatoms. The van der Waals surface area contributed by atoms with Crippen molar-refractivity contribution in [1.82, 2.24) is 4.72 Å². The van der Waals surface area contributed by atoms with Gasteiger partial charge in [0.05, 0.1) is 23.6 Å². The van der Waals surface area contributed by atoms with E-state index in [4.69, 9.17) is 16.3 Å². The number of benzene rings is 2. The van der Waals surface area contributed by atoms with Gasteiger partial charge in [-0.1, -0.05) is 50.1 Å². The lowest BCUT2D eigenvalue weighted by molar-refractivity contribution is 0.0461. The van der Waals surface area contributed by atoms with Crippen LogP contribution in [0.2, 0.25) is 5.02 Å². The molecule has 2 heterocycles. The maximum Gasteiger partial charge on any atom is 0.264 e. The minimum absolute atomic E-state index is 0.0650. The summed E-state index contributed by atoms with van der Waals surface area (Å²) in [7, 11) is -3.91. The first-order valence-electron chi connectivity index (χ1n) is 14.8. The highest BCUT2D eigenvalue weighted by molar-refractivity contribution is 7.90. The molecule has 0 saturated heterocycles. The Hall–Kier alpha value is -2.55. The molecular formula is C32H41ClN2O5S. The normalized spacial score (nSPS) is 30.7. The van der Waals surface area contributed by atoms with Crippen molar-refractivity contribution in [2.45, 2.75) is 70.1 Å². The number of aliphatic hydroxyl groups excluding tert-OH is 1. The van der Waals surface area contributed by atoms with Crippen LogP contribution in [0.1, 0.15) is 73.9 Å². The molecule has 6 atom stereocenters. The summed E-state index contributed by atoms with van der Waals surface area (Å²) in [5, 5.41) is 11.0. The molecule has 0 spiro atoms. The summed E-state index contributed by atoms with van der Waals surface area (Å²) in [4.78, 5) is 15.5. The fourth-order valence-electron chi connectivity index (χ4n) is 6.36. The quantitative estimate of drug-likeness (QED) is 0.439. The number of sulfonamides is 1. The van der Waals surface area contributed by atoms with Gasteiger partial charge in [-0.15, -0.1) is 0 Å². The van der Waals surface area contributed by atoms with Crippen molar-refractivity contribution in [3.63, 3.8) is 0 Å². The average Bonchev–Trinajstić information content (AvgIpc) is 3.09. The molecule has 1 fully saturated rings. The summed E-state index contributed by atoms with van der Waals surface area (Å²) in [6.45, 7) is 7.46. The van der Waals surface area contributed by atoms with Gasteiger partial charge in [-0.05, 0) is 91.8 Å². The Morgan fingerprint density at radius 3 is 2.66 bits per heavy atom. The zero-order valence-corrected chi connectivity index (χ0v) is 25.6. The van der Waals surface area contributed by atoms with Gasteiger partial charge in [0.25, 0.3) is 5.91 Å². The minimum atomic E-state index is -3.91. The number of nitrogens with zero attached hydrogens (tertiary/aromatic N) is 1. The van der Waals surface area contributed by atoms with Crippen LogP contribution >= 0.6 is 11.6 Å². The zero-order valence-electron chi connectivity index (χ0n) is 24.1. The number of allylic oxidation sites excluding steroid dienone is 1. The maximum absolute atomic E-state index is 13.2.